The number of azo groups is 1. The molecule has 0 atom stereocenters. The van der Waals surface area contributed by atoms with Crippen molar-refractivity contribution in [2.24, 2.45) is 10.2 Å². The number of carbonyl (C=O) groups excluding carboxylic acids is 1. The molecule has 1 aliphatic heterocycles. The highest BCUT2D eigenvalue weighted by Crippen LogP contribution is 2.48. The largest absolute Gasteiger partial charge is 0.494 e. The van der Waals surface area contributed by atoms with Gasteiger partial charge in [0.15, 0.2) is 5.78 Å². The zero-order chi connectivity index (χ0) is 22.2. The Labute approximate surface area is 189 Å². The van der Waals surface area contributed by atoms with E-state index in [2.05, 4.69) is 10.2 Å². The van der Waals surface area contributed by atoms with Crippen molar-refractivity contribution in [3.05, 3.63) is 95.5 Å². The van der Waals surface area contributed by atoms with Gasteiger partial charge in [0.1, 0.15) is 5.69 Å². The van der Waals surface area contributed by atoms with E-state index in [1.54, 1.807) is 34.9 Å². The van der Waals surface area contributed by atoms with Crippen LogP contribution in [0.1, 0.15) is 17.3 Å². The summed E-state index contributed by atoms with van der Waals surface area (Å²) in [6.45, 7) is 1.43. The van der Waals surface area contributed by atoms with Gasteiger partial charge in [0.25, 0.3) is 0 Å². The Morgan fingerprint density at radius 3 is 2.22 bits per heavy atom. The summed E-state index contributed by atoms with van der Waals surface area (Å²) < 4.78 is 1.67. The molecule has 3 aromatic carbocycles. The molecule has 1 heterocycles. The third-order valence-corrected chi connectivity index (χ3v) is 5.65. The standard InChI is InChI=1S/C26H18ClN3O2/c1-16(31)22-15-23-24(29-28-18-7-3-2-4-8-18)20-9-5-6-10-21(20)25(23)30(26(22)32)19-13-11-17(27)12-14-19/h2-15,32H,1H3. The van der Waals surface area contributed by atoms with Gasteiger partial charge >= 0.3 is 0 Å². The lowest BCUT2D eigenvalue weighted by Crippen LogP contribution is -2.06. The van der Waals surface area contributed by atoms with Gasteiger partial charge < -0.3 is 5.11 Å². The Hall–Kier alpha value is -3.96. The van der Waals surface area contributed by atoms with Gasteiger partial charge in [0.2, 0.25) is 5.88 Å². The molecule has 0 saturated carbocycles. The number of ketones is 1. The maximum atomic E-state index is 12.4. The van der Waals surface area contributed by atoms with Crippen LogP contribution < -0.4 is 0 Å². The summed E-state index contributed by atoms with van der Waals surface area (Å²) >= 11 is 6.08. The predicted octanol–water partition coefficient (Wildman–Crippen LogP) is 7.71. The third-order valence-electron chi connectivity index (χ3n) is 5.40. The topological polar surface area (TPSA) is 67.0 Å². The number of benzene rings is 3. The van der Waals surface area contributed by atoms with Crippen LogP contribution in [0, 0.1) is 0 Å². The van der Waals surface area contributed by atoms with Crippen molar-refractivity contribution in [1.29, 1.82) is 0 Å². The van der Waals surface area contributed by atoms with Crippen LogP contribution in [-0.2, 0) is 0 Å². The Morgan fingerprint density at radius 1 is 0.875 bits per heavy atom. The normalized spacial score (nSPS) is 11.6. The Balaban J connectivity index is 1.86. The lowest BCUT2D eigenvalue weighted by Gasteiger charge is -2.18. The van der Waals surface area contributed by atoms with Crippen LogP contribution >= 0.6 is 11.6 Å². The number of pyridine rings is 1. The van der Waals surface area contributed by atoms with Gasteiger partial charge in [-0.1, -0.05) is 54.1 Å². The second-order valence-corrected chi connectivity index (χ2v) is 7.88. The van der Waals surface area contributed by atoms with E-state index in [9.17, 15) is 9.90 Å². The molecule has 1 N–H and O–H groups in total. The number of rotatable bonds is 4. The maximum Gasteiger partial charge on any atom is 0.207 e. The molecule has 6 heteroatoms. The summed E-state index contributed by atoms with van der Waals surface area (Å²) in [4.78, 5) is 12.4. The van der Waals surface area contributed by atoms with Crippen LogP contribution in [0.25, 0.3) is 27.7 Å². The lowest BCUT2D eigenvalue weighted by molar-refractivity contribution is 0.101. The van der Waals surface area contributed by atoms with Gasteiger partial charge in [0.05, 0.1) is 16.9 Å². The summed E-state index contributed by atoms with van der Waals surface area (Å²) in [6.07, 6.45) is 0. The van der Waals surface area contributed by atoms with Crippen molar-refractivity contribution < 1.29 is 9.90 Å². The number of hydrogen-bond acceptors (Lipinski definition) is 4. The highest BCUT2D eigenvalue weighted by Gasteiger charge is 2.26. The van der Waals surface area contributed by atoms with Crippen molar-refractivity contribution in [2.75, 3.05) is 0 Å². The monoisotopic (exact) mass is 439 g/mol. The van der Waals surface area contributed by atoms with E-state index in [1.807, 2.05) is 54.6 Å². The van der Waals surface area contributed by atoms with Gasteiger partial charge in [-0.3, -0.25) is 9.36 Å². The van der Waals surface area contributed by atoms with Gasteiger partial charge in [-0.25, -0.2) is 0 Å². The second-order valence-electron chi connectivity index (χ2n) is 7.44. The first-order valence-electron chi connectivity index (χ1n) is 10.1. The third kappa shape index (κ3) is 3.33. The van der Waals surface area contributed by atoms with Crippen LogP contribution in [0.2, 0.25) is 5.02 Å². The highest BCUT2D eigenvalue weighted by atomic mass is 35.5. The summed E-state index contributed by atoms with van der Waals surface area (Å²) in [5, 5.41) is 22.4. The minimum Gasteiger partial charge on any atom is -0.494 e. The quantitative estimate of drug-likeness (QED) is 0.230. The molecule has 0 spiro atoms. The van der Waals surface area contributed by atoms with E-state index in [4.69, 9.17) is 11.6 Å². The molecule has 5 nitrogen and oxygen atoms in total. The molecule has 5 rings (SSSR count). The van der Waals surface area contributed by atoms with Gasteiger partial charge in [-0.2, -0.15) is 5.11 Å². The van der Waals surface area contributed by atoms with Crippen LogP contribution in [-0.4, -0.2) is 15.5 Å². The molecule has 0 fully saturated rings. The maximum absolute atomic E-state index is 12.4. The molecular weight excluding hydrogens is 422 g/mol. The SMILES string of the molecule is CC(=O)c1cc2c(N=Nc3ccccc3)c3ccccc3c-2n(-c2ccc(Cl)cc2)c1O. The fourth-order valence-electron chi connectivity index (χ4n) is 3.92. The number of halogens is 1. The van der Waals surface area contributed by atoms with E-state index in [0.29, 0.717) is 16.4 Å². The van der Waals surface area contributed by atoms with Crippen LogP contribution in [0.4, 0.5) is 11.4 Å². The Morgan fingerprint density at radius 2 is 1.53 bits per heavy atom. The summed E-state index contributed by atoms with van der Waals surface area (Å²) in [5.41, 5.74) is 3.73. The fourth-order valence-corrected chi connectivity index (χ4v) is 4.05. The van der Waals surface area contributed by atoms with Crippen molar-refractivity contribution in [3.63, 3.8) is 0 Å². The van der Waals surface area contributed by atoms with Gasteiger partial charge in [0, 0.05) is 27.0 Å². The number of fused-ring (bicyclic) bond motifs is 3. The molecule has 0 bridgehead atoms. The van der Waals surface area contributed by atoms with Gasteiger partial charge in [-0.05, 0) is 49.4 Å². The average molecular weight is 440 g/mol. The minimum atomic E-state index is -0.247. The van der Waals surface area contributed by atoms with E-state index >= 15 is 0 Å². The first-order valence-corrected chi connectivity index (χ1v) is 10.4. The molecule has 0 radical (unpaired) electrons. The van der Waals surface area contributed by atoms with Crippen LogP contribution in [0.3, 0.4) is 0 Å². The van der Waals surface area contributed by atoms with E-state index in [0.717, 1.165) is 27.7 Å². The number of Topliss-reactive ketones (excluding diaryl/α,β-unsaturated/α-hetero) is 1. The molecule has 0 amide bonds. The van der Waals surface area contributed by atoms with Crippen molar-refractivity contribution in [2.45, 2.75) is 6.92 Å². The molecule has 3 aromatic rings. The van der Waals surface area contributed by atoms with E-state index in [1.165, 1.54) is 6.92 Å². The smallest absolute Gasteiger partial charge is 0.207 e. The van der Waals surface area contributed by atoms with E-state index in [-0.39, 0.29) is 17.2 Å². The predicted molar refractivity (Wildman–Crippen MR) is 127 cm³/mol. The van der Waals surface area contributed by atoms with Crippen LogP contribution in [0.15, 0.2) is 95.2 Å². The number of aromatic nitrogens is 1. The minimum absolute atomic E-state index is 0.130. The van der Waals surface area contributed by atoms with Gasteiger partial charge in [-0.15, -0.1) is 5.11 Å². The van der Waals surface area contributed by atoms with Crippen LogP contribution in [0.5, 0.6) is 5.88 Å². The van der Waals surface area contributed by atoms with E-state index < -0.39 is 0 Å². The molecule has 0 aromatic heterocycles. The number of nitrogens with zero attached hydrogens (tertiary/aromatic N) is 3. The summed E-state index contributed by atoms with van der Waals surface area (Å²) in [5.74, 6) is -0.377. The molecular formula is C26H18ClN3O2. The first-order chi connectivity index (χ1) is 15.5. The first kappa shape index (κ1) is 20.0. The Bertz CT molecular complexity index is 1450. The lowest BCUT2D eigenvalue weighted by atomic mass is 10.1. The second kappa shape index (κ2) is 7.94. The molecule has 156 valence electrons. The van der Waals surface area contributed by atoms with Crippen molar-refractivity contribution in [1.82, 2.24) is 4.57 Å². The molecule has 2 aliphatic rings. The van der Waals surface area contributed by atoms with Crippen molar-refractivity contribution >= 4 is 39.5 Å². The summed E-state index contributed by atoms with van der Waals surface area (Å²) in [7, 11) is 0. The zero-order valence-electron chi connectivity index (χ0n) is 17.2. The number of hydrogen-bond donors (Lipinski definition) is 1. The average Bonchev–Trinajstić information content (AvgIpc) is 3.12. The molecule has 32 heavy (non-hydrogen) atoms. The Kier molecular flexibility index (Phi) is 4.96. The number of carbonyl (C=O) groups is 1. The highest BCUT2D eigenvalue weighted by molar-refractivity contribution is 6.30. The van der Waals surface area contributed by atoms with Crippen molar-refractivity contribution in [3.8, 4) is 22.8 Å². The fraction of sp³-hybridized carbons (Fsp3) is 0.0385. The summed E-state index contributed by atoms with van der Waals surface area (Å²) in [6, 6.07) is 26.1. The zero-order valence-corrected chi connectivity index (χ0v) is 17.9. The molecule has 1 aliphatic carbocycles. The molecule has 0 unspecified atom stereocenters. The number of aromatic hydroxyl groups is 1. The molecule has 0 saturated heterocycles.